The van der Waals surface area contributed by atoms with Crippen molar-refractivity contribution in [1.82, 2.24) is 15.3 Å². The zero-order chi connectivity index (χ0) is 12.5. The van der Waals surface area contributed by atoms with Gasteiger partial charge in [-0.1, -0.05) is 23.8 Å². The number of nitrogens with zero attached hydrogens (tertiary/aromatic N) is 2. The van der Waals surface area contributed by atoms with E-state index in [1.54, 1.807) is 0 Å². The molecule has 0 atom stereocenters. The van der Waals surface area contributed by atoms with Gasteiger partial charge in [0.1, 0.15) is 5.82 Å². The molecular formula is C15H17N3. The lowest BCUT2D eigenvalue weighted by Crippen LogP contribution is -2.40. The van der Waals surface area contributed by atoms with Crippen molar-refractivity contribution < 1.29 is 0 Å². The summed E-state index contributed by atoms with van der Waals surface area (Å²) in [4.78, 5) is 9.09. The second-order valence-electron chi connectivity index (χ2n) is 4.97. The van der Waals surface area contributed by atoms with Gasteiger partial charge in [-0.2, -0.15) is 0 Å². The fourth-order valence-corrected chi connectivity index (χ4v) is 2.29. The zero-order valence-corrected chi connectivity index (χ0v) is 10.8. The summed E-state index contributed by atoms with van der Waals surface area (Å²) in [6.07, 6.45) is 1.87. The first-order valence-corrected chi connectivity index (χ1v) is 6.35. The molecular weight excluding hydrogens is 222 g/mol. The molecule has 0 saturated carbocycles. The molecule has 92 valence electrons. The molecule has 3 rings (SSSR count). The Morgan fingerprint density at radius 1 is 1.17 bits per heavy atom. The van der Waals surface area contributed by atoms with Crippen LogP contribution in [0.25, 0.3) is 11.3 Å². The van der Waals surface area contributed by atoms with Crippen molar-refractivity contribution in [2.75, 3.05) is 13.1 Å². The highest BCUT2D eigenvalue weighted by molar-refractivity contribution is 5.63. The van der Waals surface area contributed by atoms with Crippen molar-refractivity contribution in [3.63, 3.8) is 0 Å². The van der Waals surface area contributed by atoms with Crippen molar-refractivity contribution in [3.05, 3.63) is 47.4 Å². The molecule has 3 nitrogen and oxygen atoms in total. The molecule has 2 heterocycles. The second-order valence-corrected chi connectivity index (χ2v) is 4.97. The highest BCUT2D eigenvalue weighted by Gasteiger charge is 2.21. The van der Waals surface area contributed by atoms with Crippen molar-refractivity contribution >= 4 is 0 Å². The molecule has 3 heteroatoms. The van der Waals surface area contributed by atoms with E-state index in [2.05, 4.69) is 42.3 Å². The lowest BCUT2D eigenvalue weighted by atomic mass is 10.0. The van der Waals surface area contributed by atoms with Gasteiger partial charge in [0.25, 0.3) is 0 Å². The van der Waals surface area contributed by atoms with Crippen LogP contribution in [0.2, 0.25) is 0 Å². The van der Waals surface area contributed by atoms with Crippen molar-refractivity contribution in [3.8, 4) is 11.3 Å². The van der Waals surface area contributed by atoms with Gasteiger partial charge in [-0.15, -0.1) is 0 Å². The lowest BCUT2D eigenvalue weighted by molar-refractivity contribution is 0.430. The summed E-state index contributed by atoms with van der Waals surface area (Å²) in [6, 6.07) is 8.47. The third kappa shape index (κ3) is 2.02. The van der Waals surface area contributed by atoms with E-state index in [0.717, 1.165) is 24.6 Å². The Labute approximate surface area is 107 Å². The van der Waals surface area contributed by atoms with Gasteiger partial charge in [0.15, 0.2) is 0 Å². The monoisotopic (exact) mass is 239 g/mol. The Bertz CT molecular complexity index is 574. The van der Waals surface area contributed by atoms with Gasteiger partial charge >= 0.3 is 0 Å². The molecule has 2 aromatic rings. The standard InChI is InChI=1S/C15H17N3/c1-10-3-4-13(11(2)7-10)14-5-6-17-15(18-14)12-8-16-9-12/h3-7,12,16H,8-9H2,1-2H3. The minimum Gasteiger partial charge on any atom is -0.315 e. The SMILES string of the molecule is Cc1ccc(-c2ccnc(C3CNC3)n2)c(C)c1. The average Bonchev–Trinajstić information content (AvgIpc) is 2.27. The first kappa shape index (κ1) is 11.4. The number of nitrogens with one attached hydrogen (secondary N) is 1. The van der Waals surface area contributed by atoms with E-state index < -0.39 is 0 Å². The molecule has 1 fully saturated rings. The van der Waals surface area contributed by atoms with Crippen LogP contribution in [0.15, 0.2) is 30.5 Å². The maximum absolute atomic E-state index is 4.70. The number of aromatic nitrogens is 2. The van der Waals surface area contributed by atoms with E-state index >= 15 is 0 Å². The predicted molar refractivity (Wildman–Crippen MR) is 72.6 cm³/mol. The number of benzene rings is 1. The first-order chi connectivity index (χ1) is 8.74. The largest absolute Gasteiger partial charge is 0.315 e. The molecule has 1 aliphatic heterocycles. The van der Waals surface area contributed by atoms with Crippen molar-refractivity contribution in [1.29, 1.82) is 0 Å². The van der Waals surface area contributed by atoms with Gasteiger partial charge in [-0.3, -0.25) is 0 Å². The normalized spacial score (nSPS) is 15.4. The van der Waals surface area contributed by atoms with Crippen molar-refractivity contribution in [2.24, 2.45) is 0 Å². The Morgan fingerprint density at radius 3 is 2.67 bits per heavy atom. The van der Waals surface area contributed by atoms with Gasteiger partial charge in [0.05, 0.1) is 5.69 Å². The summed E-state index contributed by atoms with van der Waals surface area (Å²) in [7, 11) is 0. The van der Waals surface area contributed by atoms with Crippen LogP contribution in [0.3, 0.4) is 0 Å². The molecule has 0 radical (unpaired) electrons. The van der Waals surface area contributed by atoms with E-state index in [9.17, 15) is 0 Å². The number of hydrogen-bond donors (Lipinski definition) is 1. The van der Waals surface area contributed by atoms with E-state index in [-0.39, 0.29) is 0 Å². The van der Waals surface area contributed by atoms with Crippen molar-refractivity contribution in [2.45, 2.75) is 19.8 Å². The van der Waals surface area contributed by atoms with E-state index in [1.807, 2.05) is 12.3 Å². The van der Waals surface area contributed by atoms with Gasteiger partial charge in [-0.05, 0) is 25.5 Å². The van der Waals surface area contributed by atoms with Crippen LogP contribution in [0, 0.1) is 13.8 Å². The van der Waals surface area contributed by atoms with Crippen LogP contribution >= 0.6 is 0 Å². The summed E-state index contributed by atoms with van der Waals surface area (Å²) < 4.78 is 0. The van der Waals surface area contributed by atoms with Gasteiger partial charge < -0.3 is 5.32 Å². The molecule has 1 N–H and O–H groups in total. The fraction of sp³-hybridized carbons (Fsp3) is 0.333. The van der Waals surface area contributed by atoms with Gasteiger partial charge in [0.2, 0.25) is 0 Å². The number of rotatable bonds is 2. The third-order valence-electron chi connectivity index (χ3n) is 3.48. The highest BCUT2D eigenvalue weighted by atomic mass is 15.0. The zero-order valence-electron chi connectivity index (χ0n) is 10.8. The summed E-state index contributed by atoms with van der Waals surface area (Å²) in [5.41, 5.74) is 4.79. The summed E-state index contributed by atoms with van der Waals surface area (Å²) in [5.74, 6) is 1.45. The van der Waals surface area contributed by atoms with Crippen LogP contribution in [0.5, 0.6) is 0 Å². The van der Waals surface area contributed by atoms with E-state index in [4.69, 9.17) is 4.98 Å². The summed E-state index contributed by atoms with van der Waals surface area (Å²) in [5, 5.41) is 3.26. The second kappa shape index (κ2) is 4.50. The number of aryl methyl sites for hydroxylation is 2. The molecule has 0 amide bonds. The van der Waals surface area contributed by atoms with Crippen LogP contribution in [-0.2, 0) is 0 Å². The molecule has 0 aliphatic carbocycles. The Kier molecular flexibility index (Phi) is 2.84. The third-order valence-corrected chi connectivity index (χ3v) is 3.48. The maximum atomic E-state index is 4.70. The topological polar surface area (TPSA) is 37.8 Å². The minimum atomic E-state index is 0.482. The van der Waals surface area contributed by atoms with E-state index in [1.165, 1.54) is 16.7 Å². The summed E-state index contributed by atoms with van der Waals surface area (Å²) >= 11 is 0. The van der Waals surface area contributed by atoms with E-state index in [0.29, 0.717) is 5.92 Å². The fourth-order valence-electron chi connectivity index (χ4n) is 2.29. The minimum absolute atomic E-state index is 0.482. The molecule has 1 aromatic carbocycles. The van der Waals surface area contributed by atoms with Gasteiger partial charge in [-0.25, -0.2) is 9.97 Å². The molecule has 0 bridgehead atoms. The highest BCUT2D eigenvalue weighted by Crippen LogP contribution is 2.24. The Morgan fingerprint density at radius 2 is 2.00 bits per heavy atom. The molecule has 18 heavy (non-hydrogen) atoms. The predicted octanol–water partition coefficient (Wildman–Crippen LogP) is 2.45. The molecule has 1 aliphatic rings. The van der Waals surface area contributed by atoms with Crippen LogP contribution in [0.4, 0.5) is 0 Å². The average molecular weight is 239 g/mol. The summed E-state index contributed by atoms with van der Waals surface area (Å²) in [6.45, 7) is 6.24. The van der Waals surface area contributed by atoms with Crippen LogP contribution in [-0.4, -0.2) is 23.1 Å². The first-order valence-electron chi connectivity index (χ1n) is 6.35. The Hall–Kier alpha value is -1.74. The van der Waals surface area contributed by atoms with Gasteiger partial charge in [0, 0.05) is 30.8 Å². The molecule has 0 unspecified atom stereocenters. The van der Waals surface area contributed by atoms with Crippen LogP contribution < -0.4 is 5.32 Å². The lowest BCUT2D eigenvalue weighted by Gasteiger charge is -2.25. The molecule has 1 saturated heterocycles. The molecule has 1 aromatic heterocycles. The van der Waals surface area contributed by atoms with Crippen LogP contribution in [0.1, 0.15) is 22.9 Å². The number of hydrogen-bond acceptors (Lipinski definition) is 3. The quantitative estimate of drug-likeness (QED) is 0.874. The molecule has 0 spiro atoms. The smallest absolute Gasteiger partial charge is 0.134 e. The maximum Gasteiger partial charge on any atom is 0.134 e. The Balaban J connectivity index is 2.00.